The summed E-state index contributed by atoms with van der Waals surface area (Å²) in [5.41, 5.74) is 0.325. The molecule has 3 nitrogen and oxygen atoms in total. The molecule has 0 aromatic heterocycles. The lowest BCUT2D eigenvalue weighted by molar-refractivity contribution is -0.139. The second-order valence-corrected chi connectivity index (χ2v) is 11.9. The number of rotatable bonds is 9. The Hall–Kier alpha value is -1.56. The third-order valence-electron chi connectivity index (χ3n) is 9.29. The first kappa shape index (κ1) is 27.5. The molecule has 3 atom stereocenters. The second-order valence-electron chi connectivity index (χ2n) is 11.9. The largest absolute Gasteiger partial charge is 0.481 e. The molecule has 1 N–H and O–H groups in total. The van der Waals surface area contributed by atoms with Gasteiger partial charge in [0.05, 0.1) is 5.56 Å². The van der Waals surface area contributed by atoms with E-state index in [0.29, 0.717) is 5.92 Å². The van der Waals surface area contributed by atoms with Crippen molar-refractivity contribution in [1.82, 2.24) is 4.90 Å². The summed E-state index contributed by atoms with van der Waals surface area (Å²) in [7, 11) is 0. The van der Waals surface area contributed by atoms with Gasteiger partial charge in [0, 0.05) is 19.0 Å². The van der Waals surface area contributed by atoms with Gasteiger partial charge in [-0.3, -0.25) is 9.69 Å². The van der Waals surface area contributed by atoms with E-state index in [1.165, 1.54) is 82.8 Å². The third-order valence-corrected chi connectivity index (χ3v) is 9.29. The monoisotopic (exact) mass is 507 g/mol. The lowest BCUT2D eigenvalue weighted by atomic mass is 9.72. The van der Waals surface area contributed by atoms with E-state index in [4.69, 9.17) is 0 Å². The van der Waals surface area contributed by atoms with Crippen LogP contribution in [0, 0.1) is 17.8 Å². The Morgan fingerprint density at radius 2 is 1.44 bits per heavy atom. The Labute approximate surface area is 214 Å². The summed E-state index contributed by atoms with van der Waals surface area (Å²) in [5, 5.41) is 9.43. The van der Waals surface area contributed by atoms with Crippen molar-refractivity contribution >= 4 is 5.97 Å². The highest BCUT2D eigenvalue weighted by molar-refractivity contribution is 5.67. The number of nitrogens with zero attached hydrogens (tertiary/aromatic N) is 1. The fourth-order valence-corrected chi connectivity index (χ4v) is 7.31. The fraction of sp³-hybridized carbons (Fsp3) is 0.767. The van der Waals surface area contributed by atoms with Crippen LogP contribution in [0.25, 0.3) is 0 Å². The summed E-state index contributed by atoms with van der Waals surface area (Å²) in [6.07, 6.45) is 12.7. The highest BCUT2D eigenvalue weighted by Gasteiger charge is 2.38. The molecule has 6 heteroatoms. The molecule has 202 valence electrons. The molecule has 3 aliphatic rings. The molecule has 0 aliphatic heterocycles. The SMILES string of the molecule is O=C(O)C[C@@H]1CC[C@@H](N(CCC2CCCCC2)CC2CCCCC2)[C@H](c2ccc(C(F)(F)F)cc2)C1. The number of hydrogen-bond acceptors (Lipinski definition) is 2. The van der Waals surface area contributed by atoms with E-state index in [1.807, 2.05) is 0 Å². The van der Waals surface area contributed by atoms with Crippen LogP contribution in [0.1, 0.15) is 113 Å². The molecule has 1 aromatic rings. The molecule has 3 aliphatic carbocycles. The van der Waals surface area contributed by atoms with Crippen LogP contribution >= 0.6 is 0 Å². The van der Waals surface area contributed by atoms with E-state index in [0.717, 1.165) is 43.8 Å². The lowest BCUT2D eigenvalue weighted by Gasteiger charge is -2.45. The first-order chi connectivity index (χ1) is 17.3. The molecule has 1 aromatic carbocycles. The number of hydrogen-bond donors (Lipinski definition) is 1. The molecule has 0 bridgehead atoms. The van der Waals surface area contributed by atoms with Crippen molar-refractivity contribution in [3.8, 4) is 0 Å². The molecule has 0 amide bonds. The molecule has 0 radical (unpaired) electrons. The minimum Gasteiger partial charge on any atom is -0.481 e. The molecule has 4 rings (SSSR count). The second kappa shape index (κ2) is 12.8. The number of alkyl halides is 3. The van der Waals surface area contributed by atoms with Crippen molar-refractivity contribution < 1.29 is 23.1 Å². The van der Waals surface area contributed by atoms with Gasteiger partial charge in [-0.15, -0.1) is 0 Å². The van der Waals surface area contributed by atoms with Gasteiger partial charge in [-0.1, -0.05) is 63.5 Å². The van der Waals surface area contributed by atoms with E-state index in [9.17, 15) is 23.1 Å². The smallest absolute Gasteiger partial charge is 0.416 e. The van der Waals surface area contributed by atoms with Gasteiger partial charge in [0.2, 0.25) is 0 Å². The van der Waals surface area contributed by atoms with Crippen LogP contribution in [0.2, 0.25) is 0 Å². The Balaban J connectivity index is 1.55. The molecule has 0 unspecified atom stereocenters. The lowest BCUT2D eigenvalue weighted by Crippen LogP contribution is -2.46. The topological polar surface area (TPSA) is 40.5 Å². The Bertz CT molecular complexity index is 812. The van der Waals surface area contributed by atoms with Gasteiger partial charge in [-0.2, -0.15) is 13.2 Å². The van der Waals surface area contributed by atoms with Crippen molar-refractivity contribution in [2.45, 2.75) is 114 Å². The quantitative estimate of drug-likeness (QED) is 0.366. The van der Waals surface area contributed by atoms with Crippen molar-refractivity contribution in [2.24, 2.45) is 17.8 Å². The van der Waals surface area contributed by atoms with Crippen molar-refractivity contribution in [3.05, 3.63) is 35.4 Å². The van der Waals surface area contributed by atoms with Gasteiger partial charge in [0.1, 0.15) is 0 Å². The summed E-state index contributed by atoms with van der Waals surface area (Å²) < 4.78 is 39.7. The van der Waals surface area contributed by atoms with E-state index >= 15 is 0 Å². The van der Waals surface area contributed by atoms with Crippen LogP contribution < -0.4 is 0 Å². The minimum absolute atomic E-state index is 0.0836. The number of carbonyl (C=O) groups is 1. The summed E-state index contributed by atoms with van der Waals surface area (Å²) in [6.45, 7) is 2.14. The van der Waals surface area contributed by atoms with Gasteiger partial charge in [-0.25, -0.2) is 0 Å². The number of benzene rings is 1. The summed E-state index contributed by atoms with van der Waals surface area (Å²) >= 11 is 0. The third kappa shape index (κ3) is 7.72. The van der Waals surface area contributed by atoms with Crippen LogP contribution in [-0.4, -0.2) is 35.1 Å². The van der Waals surface area contributed by atoms with Crippen LogP contribution in [0.4, 0.5) is 13.2 Å². The molecule has 0 spiro atoms. The molecule has 0 saturated heterocycles. The van der Waals surface area contributed by atoms with Gasteiger partial charge >= 0.3 is 12.1 Å². The zero-order chi connectivity index (χ0) is 25.5. The van der Waals surface area contributed by atoms with Gasteiger partial charge in [0.25, 0.3) is 0 Å². The molecular weight excluding hydrogens is 463 g/mol. The van der Waals surface area contributed by atoms with Crippen LogP contribution in [0.15, 0.2) is 24.3 Å². The maximum Gasteiger partial charge on any atom is 0.416 e. The number of carboxylic acids is 1. The number of aliphatic carboxylic acids is 1. The zero-order valence-corrected chi connectivity index (χ0v) is 21.7. The van der Waals surface area contributed by atoms with Crippen molar-refractivity contribution in [3.63, 3.8) is 0 Å². The maximum atomic E-state index is 13.2. The fourth-order valence-electron chi connectivity index (χ4n) is 7.31. The highest BCUT2D eigenvalue weighted by Crippen LogP contribution is 2.42. The summed E-state index contributed by atoms with van der Waals surface area (Å²) in [4.78, 5) is 14.2. The van der Waals surface area contributed by atoms with Crippen LogP contribution in [0.5, 0.6) is 0 Å². The number of carboxylic acid groups (broad SMARTS) is 1. The first-order valence-electron chi connectivity index (χ1n) is 14.4. The maximum absolute atomic E-state index is 13.2. The average molecular weight is 508 g/mol. The normalized spacial score (nSPS) is 26.8. The van der Waals surface area contributed by atoms with E-state index in [-0.39, 0.29) is 24.3 Å². The Morgan fingerprint density at radius 3 is 2.03 bits per heavy atom. The molecule has 3 fully saturated rings. The zero-order valence-electron chi connectivity index (χ0n) is 21.7. The summed E-state index contributed by atoms with van der Waals surface area (Å²) in [6, 6.07) is 6.01. The van der Waals surface area contributed by atoms with E-state index < -0.39 is 17.7 Å². The van der Waals surface area contributed by atoms with E-state index in [2.05, 4.69) is 4.90 Å². The Morgan fingerprint density at radius 1 is 0.833 bits per heavy atom. The van der Waals surface area contributed by atoms with Crippen molar-refractivity contribution in [2.75, 3.05) is 13.1 Å². The van der Waals surface area contributed by atoms with Gasteiger partial charge in [-0.05, 0) is 86.4 Å². The Kier molecular flexibility index (Phi) is 9.77. The predicted octanol–water partition coefficient (Wildman–Crippen LogP) is 8.29. The van der Waals surface area contributed by atoms with Crippen molar-refractivity contribution in [1.29, 1.82) is 0 Å². The molecule has 3 saturated carbocycles. The molecule has 0 heterocycles. The first-order valence-corrected chi connectivity index (χ1v) is 14.4. The van der Waals surface area contributed by atoms with Gasteiger partial charge in [0.15, 0.2) is 0 Å². The molecular formula is C30H44F3NO2. The van der Waals surface area contributed by atoms with Crippen LogP contribution in [-0.2, 0) is 11.0 Å². The highest BCUT2D eigenvalue weighted by atomic mass is 19.4. The average Bonchev–Trinajstić information content (AvgIpc) is 2.87. The molecule has 36 heavy (non-hydrogen) atoms. The minimum atomic E-state index is -4.34. The van der Waals surface area contributed by atoms with E-state index in [1.54, 1.807) is 12.1 Å². The predicted molar refractivity (Wildman–Crippen MR) is 137 cm³/mol. The standard InChI is InChI=1S/C30H44F3NO2/c31-30(32,33)26-14-12-25(13-15-26)27-19-24(20-29(35)36)11-16-28(27)34(21-23-9-5-2-6-10-23)18-17-22-7-3-1-4-8-22/h12-15,22-24,27-28H,1-11,16-21H2,(H,35,36)/t24-,27+,28-/m1/s1. The summed E-state index contributed by atoms with van der Waals surface area (Å²) in [5.74, 6) is 0.887. The number of halogens is 3. The van der Waals surface area contributed by atoms with Gasteiger partial charge < -0.3 is 5.11 Å². The van der Waals surface area contributed by atoms with Crippen LogP contribution in [0.3, 0.4) is 0 Å².